The number of rotatable bonds is 6. The second-order valence-electron chi connectivity index (χ2n) is 4.93. The highest BCUT2D eigenvalue weighted by Gasteiger charge is 2.32. The summed E-state index contributed by atoms with van der Waals surface area (Å²) in [5.41, 5.74) is 0.234. The number of alkyl halides is 2. The Hall–Kier alpha value is -2.88. The summed E-state index contributed by atoms with van der Waals surface area (Å²) in [5, 5.41) is 0. The zero-order valence-electron chi connectivity index (χ0n) is 14.3. The molecule has 2 rings (SSSR count). The Balaban J connectivity index is 2.50. The van der Waals surface area contributed by atoms with Gasteiger partial charge in [-0.3, -0.25) is 0 Å². The van der Waals surface area contributed by atoms with Crippen LogP contribution in [0.1, 0.15) is 0 Å². The molecule has 26 heavy (non-hydrogen) atoms. The van der Waals surface area contributed by atoms with E-state index in [0.29, 0.717) is 5.69 Å². The van der Waals surface area contributed by atoms with Gasteiger partial charge < -0.3 is 28.6 Å². The first-order valence-corrected chi connectivity index (χ1v) is 7.30. The Bertz CT molecular complexity index is 721. The number of carbonyl (C=O) groups is 2. The van der Waals surface area contributed by atoms with Crippen LogP contribution < -0.4 is 14.4 Å². The minimum absolute atomic E-state index is 0.0113. The Morgan fingerprint density at radius 2 is 1.81 bits per heavy atom. The standard InChI is InChI=1S/C16H17F2NO7/c1-22-12-6-9(4-5-11(12)26-16(17)18)19-8-25-7-10(14(20)23-2)13(19)15(21)24-3/h4-6,16H,7-8H2,1-3H3. The van der Waals surface area contributed by atoms with Crippen molar-refractivity contribution in [2.45, 2.75) is 6.61 Å². The molecule has 0 saturated carbocycles. The van der Waals surface area contributed by atoms with Gasteiger partial charge in [0.1, 0.15) is 12.4 Å². The van der Waals surface area contributed by atoms with E-state index in [1.807, 2.05) is 0 Å². The molecule has 0 atom stereocenters. The van der Waals surface area contributed by atoms with Gasteiger partial charge in [-0.25, -0.2) is 9.59 Å². The van der Waals surface area contributed by atoms with E-state index in [4.69, 9.17) is 14.2 Å². The third-order valence-corrected chi connectivity index (χ3v) is 3.51. The molecule has 10 heteroatoms. The number of hydrogen-bond donors (Lipinski definition) is 0. The molecule has 0 amide bonds. The van der Waals surface area contributed by atoms with Gasteiger partial charge in [0.2, 0.25) is 0 Å². The summed E-state index contributed by atoms with van der Waals surface area (Å²) in [6.45, 7) is -3.25. The number of halogens is 2. The number of benzene rings is 1. The van der Waals surface area contributed by atoms with Gasteiger partial charge >= 0.3 is 18.6 Å². The number of ether oxygens (including phenoxy) is 5. The molecule has 1 heterocycles. The lowest BCUT2D eigenvalue weighted by atomic mass is 10.1. The molecule has 142 valence electrons. The average Bonchev–Trinajstić information content (AvgIpc) is 2.65. The van der Waals surface area contributed by atoms with Crippen molar-refractivity contribution in [2.24, 2.45) is 0 Å². The first kappa shape index (κ1) is 19.4. The summed E-state index contributed by atoms with van der Waals surface area (Å²) in [4.78, 5) is 25.5. The highest BCUT2D eigenvalue weighted by Crippen LogP contribution is 2.35. The van der Waals surface area contributed by atoms with Crippen molar-refractivity contribution in [2.75, 3.05) is 39.6 Å². The topological polar surface area (TPSA) is 83.5 Å². The first-order chi connectivity index (χ1) is 12.4. The fraction of sp³-hybridized carbons (Fsp3) is 0.375. The minimum atomic E-state index is -3.02. The summed E-state index contributed by atoms with van der Waals surface area (Å²) in [6, 6.07) is 4.03. The van der Waals surface area contributed by atoms with Gasteiger partial charge in [0.05, 0.1) is 33.5 Å². The SMILES string of the molecule is COC(=O)C1=C(C(=O)OC)N(c2ccc(OC(F)F)c(OC)c2)COC1. The van der Waals surface area contributed by atoms with Crippen LogP contribution in [0.25, 0.3) is 0 Å². The van der Waals surface area contributed by atoms with Gasteiger partial charge in [0.25, 0.3) is 0 Å². The molecule has 0 radical (unpaired) electrons. The summed E-state index contributed by atoms with van der Waals surface area (Å²) in [7, 11) is 3.61. The predicted molar refractivity (Wildman–Crippen MR) is 84.0 cm³/mol. The van der Waals surface area contributed by atoms with E-state index < -0.39 is 18.6 Å². The lowest BCUT2D eigenvalue weighted by Crippen LogP contribution is -2.38. The number of esters is 2. The lowest BCUT2D eigenvalue weighted by Gasteiger charge is -2.31. The van der Waals surface area contributed by atoms with Crippen LogP contribution in [0.4, 0.5) is 14.5 Å². The van der Waals surface area contributed by atoms with Crippen molar-refractivity contribution < 1.29 is 42.1 Å². The predicted octanol–water partition coefficient (Wildman–Crippen LogP) is 1.69. The van der Waals surface area contributed by atoms with Crippen molar-refractivity contribution in [3.05, 3.63) is 29.5 Å². The molecule has 0 N–H and O–H groups in total. The molecule has 0 spiro atoms. The highest BCUT2D eigenvalue weighted by atomic mass is 19.3. The highest BCUT2D eigenvalue weighted by molar-refractivity contribution is 6.03. The molecule has 0 unspecified atom stereocenters. The van der Waals surface area contributed by atoms with Crippen LogP contribution in [-0.2, 0) is 23.8 Å². The third kappa shape index (κ3) is 4.02. The van der Waals surface area contributed by atoms with Gasteiger partial charge in [-0.2, -0.15) is 8.78 Å². The molecule has 1 aliphatic heterocycles. The Morgan fingerprint density at radius 1 is 1.12 bits per heavy atom. The van der Waals surface area contributed by atoms with E-state index in [1.165, 1.54) is 37.3 Å². The maximum Gasteiger partial charge on any atom is 0.387 e. The van der Waals surface area contributed by atoms with Crippen LogP contribution in [0.2, 0.25) is 0 Å². The molecule has 0 bridgehead atoms. The van der Waals surface area contributed by atoms with E-state index in [9.17, 15) is 18.4 Å². The van der Waals surface area contributed by atoms with Gasteiger partial charge in [0, 0.05) is 11.8 Å². The largest absolute Gasteiger partial charge is 0.493 e. The van der Waals surface area contributed by atoms with Crippen molar-refractivity contribution in [1.82, 2.24) is 0 Å². The number of nitrogens with zero attached hydrogens (tertiary/aromatic N) is 1. The average molecular weight is 373 g/mol. The number of carbonyl (C=O) groups excluding carboxylic acids is 2. The maximum atomic E-state index is 12.5. The molecule has 1 aromatic carbocycles. The third-order valence-electron chi connectivity index (χ3n) is 3.51. The van der Waals surface area contributed by atoms with Gasteiger partial charge in [0.15, 0.2) is 11.5 Å². The van der Waals surface area contributed by atoms with Crippen molar-refractivity contribution in [3.8, 4) is 11.5 Å². The van der Waals surface area contributed by atoms with E-state index in [-0.39, 0.29) is 36.1 Å². The summed E-state index contributed by atoms with van der Waals surface area (Å²) < 4.78 is 49.1. The summed E-state index contributed by atoms with van der Waals surface area (Å²) in [6.07, 6.45) is 0. The van der Waals surface area contributed by atoms with E-state index in [0.717, 1.165) is 7.11 Å². The monoisotopic (exact) mass is 373 g/mol. The van der Waals surface area contributed by atoms with Crippen LogP contribution in [0, 0.1) is 0 Å². The van der Waals surface area contributed by atoms with Crippen molar-refractivity contribution >= 4 is 17.6 Å². The Kier molecular flexibility index (Phi) is 6.34. The fourth-order valence-electron chi connectivity index (χ4n) is 2.36. The molecule has 1 aliphatic rings. The molecular weight excluding hydrogens is 356 g/mol. The van der Waals surface area contributed by atoms with Gasteiger partial charge in [-0.05, 0) is 12.1 Å². The summed E-state index contributed by atoms with van der Waals surface area (Å²) in [5.74, 6) is -1.70. The number of methoxy groups -OCH3 is 3. The van der Waals surface area contributed by atoms with Crippen molar-refractivity contribution in [1.29, 1.82) is 0 Å². The van der Waals surface area contributed by atoms with Gasteiger partial charge in [-0.1, -0.05) is 0 Å². The van der Waals surface area contributed by atoms with E-state index in [1.54, 1.807) is 0 Å². The molecule has 0 fully saturated rings. The quantitative estimate of drug-likeness (QED) is 0.697. The molecular formula is C16H17F2NO7. The normalized spacial score (nSPS) is 14.3. The van der Waals surface area contributed by atoms with Crippen LogP contribution in [0.5, 0.6) is 11.5 Å². The second kappa shape index (κ2) is 8.48. The lowest BCUT2D eigenvalue weighted by molar-refractivity contribution is -0.140. The molecule has 0 saturated heterocycles. The summed E-state index contributed by atoms with van der Waals surface area (Å²) >= 11 is 0. The number of hydrogen-bond acceptors (Lipinski definition) is 8. The van der Waals surface area contributed by atoms with Crippen LogP contribution in [0.15, 0.2) is 29.5 Å². The fourth-order valence-corrected chi connectivity index (χ4v) is 2.36. The molecule has 0 aliphatic carbocycles. The Morgan fingerprint density at radius 3 is 2.38 bits per heavy atom. The molecule has 0 aromatic heterocycles. The molecule has 8 nitrogen and oxygen atoms in total. The zero-order chi connectivity index (χ0) is 19.3. The minimum Gasteiger partial charge on any atom is -0.493 e. The van der Waals surface area contributed by atoms with Crippen LogP contribution in [0.3, 0.4) is 0 Å². The first-order valence-electron chi connectivity index (χ1n) is 7.30. The zero-order valence-corrected chi connectivity index (χ0v) is 14.3. The van der Waals surface area contributed by atoms with Crippen molar-refractivity contribution in [3.63, 3.8) is 0 Å². The molecule has 1 aromatic rings. The van der Waals surface area contributed by atoms with E-state index in [2.05, 4.69) is 9.47 Å². The van der Waals surface area contributed by atoms with E-state index >= 15 is 0 Å². The van der Waals surface area contributed by atoms with Gasteiger partial charge in [-0.15, -0.1) is 0 Å². The number of anilines is 1. The van der Waals surface area contributed by atoms with Crippen LogP contribution >= 0.6 is 0 Å². The van der Waals surface area contributed by atoms with Crippen LogP contribution in [-0.4, -0.2) is 53.2 Å². The maximum absolute atomic E-state index is 12.5. The smallest absolute Gasteiger partial charge is 0.387 e. The Labute approximate surface area is 147 Å². The second-order valence-corrected chi connectivity index (χ2v) is 4.93.